The Kier molecular flexibility index (Phi) is 3.38. The molecule has 3 aromatic rings. The predicted octanol–water partition coefficient (Wildman–Crippen LogP) is 2.49. The predicted molar refractivity (Wildman–Crippen MR) is 91.2 cm³/mol. The minimum Gasteiger partial charge on any atom is -0.350 e. The molecule has 0 spiro atoms. The first-order valence-electron chi connectivity index (χ1n) is 7.89. The van der Waals surface area contributed by atoms with Gasteiger partial charge >= 0.3 is 0 Å². The van der Waals surface area contributed by atoms with E-state index in [9.17, 15) is 4.79 Å². The second-order valence-electron chi connectivity index (χ2n) is 6.32. The van der Waals surface area contributed by atoms with Gasteiger partial charge < -0.3 is 9.72 Å². The van der Waals surface area contributed by atoms with Crippen molar-refractivity contribution in [2.75, 3.05) is 0 Å². The molecule has 0 fully saturated rings. The molecule has 24 heavy (non-hydrogen) atoms. The van der Waals surface area contributed by atoms with Crippen molar-refractivity contribution in [3.8, 4) is 0 Å². The van der Waals surface area contributed by atoms with Gasteiger partial charge in [0.1, 0.15) is 10.8 Å². The lowest BCUT2D eigenvalue weighted by molar-refractivity contribution is -0.121. The average molecular weight is 344 g/mol. The van der Waals surface area contributed by atoms with Crippen LogP contribution in [0.15, 0.2) is 18.3 Å². The molecule has 3 aromatic heterocycles. The zero-order valence-electron chi connectivity index (χ0n) is 13.8. The summed E-state index contributed by atoms with van der Waals surface area (Å²) >= 11 is 6.50. The molecule has 4 rings (SSSR count). The fourth-order valence-electron chi connectivity index (χ4n) is 3.53. The number of amides is 1. The first-order chi connectivity index (χ1) is 11.5. The largest absolute Gasteiger partial charge is 0.350 e. The lowest BCUT2D eigenvalue weighted by Crippen LogP contribution is -2.21. The summed E-state index contributed by atoms with van der Waals surface area (Å²) < 4.78 is 3.72. The fourth-order valence-corrected chi connectivity index (χ4v) is 3.84. The molecule has 1 aliphatic heterocycles. The highest BCUT2D eigenvalue weighted by molar-refractivity contribution is 6.30. The summed E-state index contributed by atoms with van der Waals surface area (Å²) in [6.45, 7) is 4.40. The minimum atomic E-state index is -0.165. The second kappa shape index (κ2) is 5.34. The van der Waals surface area contributed by atoms with E-state index < -0.39 is 0 Å². The molecule has 0 saturated heterocycles. The minimum absolute atomic E-state index is 0.00168. The van der Waals surface area contributed by atoms with Crippen molar-refractivity contribution in [1.29, 1.82) is 0 Å². The summed E-state index contributed by atoms with van der Waals surface area (Å²) in [5.74, 6) is -0.167. The van der Waals surface area contributed by atoms with Crippen molar-refractivity contribution in [2.45, 2.75) is 32.7 Å². The van der Waals surface area contributed by atoms with Gasteiger partial charge in [0.2, 0.25) is 5.91 Å². The van der Waals surface area contributed by atoms with Gasteiger partial charge in [-0.15, -0.1) is 0 Å². The lowest BCUT2D eigenvalue weighted by atomic mass is 9.92. The normalized spacial score (nSPS) is 17.7. The molecule has 0 aromatic carbocycles. The van der Waals surface area contributed by atoms with E-state index in [-0.39, 0.29) is 11.8 Å². The Labute approximate surface area is 144 Å². The molecule has 6 nitrogen and oxygen atoms in total. The second-order valence-corrected chi connectivity index (χ2v) is 6.68. The molecule has 0 aliphatic carbocycles. The van der Waals surface area contributed by atoms with Crippen molar-refractivity contribution in [3.63, 3.8) is 0 Å². The van der Waals surface area contributed by atoms with E-state index in [2.05, 4.69) is 14.8 Å². The first-order valence-corrected chi connectivity index (χ1v) is 8.26. The Morgan fingerprint density at radius 3 is 2.88 bits per heavy atom. The van der Waals surface area contributed by atoms with Crippen molar-refractivity contribution in [3.05, 3.63) is 51.7 Å². The summed E-state index contributed by atoms with van der Waals surface area (Å²) in [5, 5.41) is 7.92. The van der Waals surface area contributed by atoms with Crippen LogP contribution in [0.3, 0.4) is 0 Å². The van der Waals surface area contributed by atoms with Crippen LogP contribution in [-0.4, -0.2) is 25.1 Å². The number of halogens is 1. The number of hydrogen-bond donors (Lipinski definition) is 1. The third-order valence-electron chi connectivity index (χ3n) is 4.61. The van der Waals surface area contributed by atoms with Gasteiger partial charge in [0.15, 0.2) is 0 Å². The zero-order valence-corrected chi connectivity index (χ0v) is 14.6. The SMILES string of the molecule is Cc1ccn2c3c(nc2c1)CNC(=O)C[C@@H]3c1c(C)nn(C)c1Cl. The molecule has 124 valence electrons. The molecule has 1 N–H and O–H groups in total. The van der Waals surface area contributed by atoms with Gasteiger partial charge in [-0.2, -0.15) is 5.10 Å². The Hall–Kier alpha value is -2.34. The van der Waals surface area contributed by atoms with Gasteiger partial charge in [-0.05, 0) is 31.5 Å². The third kappa shape index (κ3) is 2.21. The molecular weight excluding hydrogens is 326 g/mol. The molecule has 1 amide bonds. The Morgan fingerprint density at radius 2 is 2.17 bits per heavy atom. The van der Waals surface area contributed by atoms with Crippen molar-refractivity contribution in [2.24, 2.45) is 7.05 Å². The number of hydrogen-bond acceptors (Lipinski definition) is 3. The number of imidazole rings is 1. The number of pyridine rings is 1. The molecule has 1 aliphatic rings. The van der Waals surface area contributed by atoms with Gasteiger partial charge in [-0.25, -0.2) is 4.98 Å². The smallest absolute Gasteiger partial charge is 0.221 e. The van der Waals surface area contributed by atoms with Crippen LogP contribution in [0.4, 0.5) is 0 Å². The van der Waals surface area contributed by atoms with Crippen molar-refractivity contribution >= 4 is 23.2 Å². The fraction of sp³-hybridized carbons (Fsp3) is 0.353. The van der Waals surface area contributed by atoms with Crippen LogP contribution in [0, 0.1) is 13.8 Å². The highest BCUT2D eigenvalue weighted by Crippen LogP contribution is 2.38. The van der Waals surface area contributed by atoms with Crippen LogP contribution < -0.4 is 5.32 Å². The van der Waals surface area contributed by atoms with Crippen LogP contribution in [0.2, 0.25) is 5.15 Å². The van der Waals surface area contributed by atoms with Crippen LogP contribution in [0.25, 0.3) is 5.65 Å². The molecule has 1 atom stereocenters. The monoisotopic (exact) mass is 343 g/mol. The number of carbonyl (C=O) groups is 1. The third-order valence-corrected chi connectivity index (χ3v) is 5.06. The first kappa shape index (κ1) is 15.2. The highest BCUT2D eigenvalue weighted by atomic mass is 35.5. The van der Waals surface area contributed by atoms with E-state index in [0.29, 0.717) is 18.1 Å². The molecule has 0 radical (unpaired) electrons. The Morgan fingerprint density at radius 1 is 1.38 bits per heavy atom. The number of aryl methyl sites for hydroxylation is 3. The topological polar surface area (TPSA) is 64.2 Å². The number of fused-ring (bicyclic) bond motifs is 3. The van der Waals surface area contributed by atoms with E-state index in [1.807, 2.05) is 39.2 Å². The number of aromatic nitrogens is 4. The summed E-state index contributed by atoms with van der Waals surface area (Å²) in [5.41, 5.74) is 5.69. The van der Waals surface area contributed by atoms with Gasteiger partial charge in [0.05, 0.1) is 23.6 Å². The summed E-state index contributed by atoms with van der Waals surface area (Å²) in [6, 6.07) is 4.09. The summed E-state index contributed by atoms with van der Waals surface area (Å²) in [6.07, 6.45) is 2.35. The average Bonchev–Trinajstić information content (AvgIpc) is 2.94. The van der Waals surface area contributed by atoms with Gasteiger partial charge in [0, 0.05) is 31.1 Å². The van der Waals surface area contributed by atoms with Gasteiger partial charge in [0.25, 0.3) is 0 Å². The number of carbonyl (C=O) groups excluding carboxylic acids is 1. The maximum atomic E-state index is 12.2. The van der Waals surface area contributed by atoms with E-state index >= 15 is 0 Å². The molecule has 4 heterocycles. The van der Waals surface area contributed by atoms with Gasteiger partial charge in [-0.1, -0.05) is 11.6 Å². The Bertz CT molecular complexity index is 971. The maximum absolute atomic E-state index is 12.2. The number of nitrogens with one attached hydrogen (secondary N) is 1. The zero-order chi connectivity index (χ0) is 17.0. The molecule has 7 heteroatoms. The maximum Gasteiger partial charge on any atom is 0.221 e. The van der Waals surface area contributed by atoms with Crippen molar-refractivity contribution < 1.29 is 4.79 Å². The van der Waals surface area contributed by atoms with E-state index in [4.69, 9.17) is 16.6 Å². The molecular formula is C17H18ClN5O. The van der Waals surface area contributed by atoms with Crippen LogP contribution in [0.1, 0.15) is 40.5 Å². The Balaban J connectivity index is 2.00. The van der Waals surface area contributed by atoms with Gasteiger partial charge in [-0.3, -0.25) is 9.48 Å². The van der Waals surface area contributed by atoms with E-state index in [1.165, 1.54) is 0 Å². The highest BCUT2D eigenvalue weighted by Gasteiger charge is 2.32. The quantitative estimate of drug-likeness (QED) is 0.738. The van der Waals surface area contributed by atoms with Crippen LogP contribution in [0.5, 0.6) is 0 Å². The molecule has 0 bridgehead atoms. The number of nitrogens with zero attached hydrogens (tertiary/aromatic N) is 4. The summed E-state index contributed by atoms with van der Waals surface area (Å²) in [7, 11) is 1.81. The standard InChI is InChI=1S/C17H18ClN5O/c1-9-4-5-23-13(6-9)20-12-8-19-14(24)7-11(16(12)23)15-10(2)21-22(3)17(15)18/h4-6,11H,7-8H2,1-3H3,(H,19,24)/t11-/m1/s1. The molecule has 0 saturated carbocycles. The van der Waals surface area contributed by atoms with Crippen molar-refractivity contribution in [1.82, 2.24) is 24.5 Å². The van der Waals surface area contributed by atoms with E-state index in [0.717, 1.165) is 33.9 Å². The molecule has 0 unspecified atom stereocenters. The summed E-state index contributed by atoms with van der Waals surface area (Å²) in [4.78, 5) is 17.0. The van der Waals surface area contributed by atoms with Crippen LogP contribution >= 0.6 is 11.6 Å². The van der Waals surface area contributed by atoms with E-state index in [1.54, 1.807) is 4.68 Å². The van der Waals surface area contributed by atoms with Crippen LogP contribution in [-0.2, 0) is 18.4 Å². The lowest BCUT2D eigenvalue weighted by Gasteiger charge is -2.15. The number of rotatable bonds is 1.